The third-order valence-electron chi connectivity index (χ3n) is 5.29. The number of benzene rings is 1. The number of rotatable bonds is 5. The Hall–Kier alpha value is -1.76. The number of methoxy groups -OCH3 is 1. The summed E-state index contributed by atoms with van der Waals surface area (Å²) in [6, 6.07) is 5.68. The van der Waals surface area contributed by atoms with Gasteiger partial charge in [-0.25, -0.2) is 4.79 Å². The number of amides is 2. The maximum absolute atomic E-state index is 12.8. The SMILES string of the molecule is COc1ccc(C(=O)N2CCC(N3C(=O)OC[C@H]3CC(C)C)CC2)cc1Br. The number of carbonyl (C=O) groups is 2. The minimum Gasteiger partial charge on any atom is -0.496 e. The third-order valence-corrected chi connectivity index (χ3v) is 5.91. The van der Waals surface area contributed by atoms with E-state index in [1.165, 1.54) is 0 Å². The molecule has 0 aliphatic carbocycles. The van der Waals surface area contributed by atoms with Crippen molar-refractivity contribution < 1.29 is 19.1 Å². The maximum atomic E-state index is 12.8. The number of cyclic esters (lactones) is 1. The van der Waals surface area contributed by atoms with Gasteiger partial charge in [-0.1, -0.05) is 13.8 Å². The van der Waals surface area contributed by atoms with Crippen molar-refractivity contribution in [3.8, 4) is 5.75 Å². The van der Waals surface area contributed by atoms with Crippen LogP contribution in [0.3, 0.4) is 0 Å². The second-order valence-corrected chi connectivity index (χ2v) is 8.49. The summed E-state index contributed by atoms with van der Waals surface area (Å²) >= 11 is 3.43. The Balaban J connectivity index is 1.62. The van der Waals surface area contributed by atoms with Crippen LogP contribution in [-0.2, 0) is 4.74 Å². The molecule has 7 heteroatoms. The topological polar surface area (TPSA) is 59.1 Å². The van der Waals surface area contributed by atoms with Crippen LogP contribution < -0.4 is 4.74 Å². The molecule has 2 aliphatic heterocycles. The van der Waals surface area contributed by atoms with Crippen LogP contribution in [0.4, 0.5) is 4.79 Å². The van der Waals surface area contributed by atoms with Crippen LogP contribution in [0, 0.1) is 5.92 Å². The standard InChI is InChI=1S/C20H27BrN2O4/c1-13(2)10-16-12-27-20(25)23(16)15-6-8-22(9-7-15)19(24)14-4-5-18(26-3)17(21)11-14/h4-5,11,13,15-16H,6-10,12H2,1-3H3/t16-/m1/s1. The Morgan fingerprint density at radius 2 is 2.04 bits per heavy atom. The number of halogens is 1. The molecule has 148 valence electrons. The summed E-state index contributed by atoms with van der Waals surface area (Å²) in [5.74, 6) is 1.23. The molecule has 2 fully saturated rings. The molecule has 0 spiro atoms. The van der Waals surface area contributed by atoms with Crippen LogP contribution in [0.2, 0.25) is 0 Å². The Kier molecular flexibility index (Phi) is 6.29. The van der Waals surface area contributed by atoms with Crippen molar-refractivity contribution in [1.82, 2.24) is 9.80 Å². The first-order chi connectivity index (χ1) is 12.9. The summed E-state index contributed by atoms with van der Waals surface area (Å²) in [5.41, 5.74) is 0.638. The van der Waals surface area contributed by atoms with Crippen molar-refractivity contribution in [2.24, 2.45) is 5.92 Å². The molecule has 0 radical (unpaired) electrons. The molecule has 6 nitrogen and oxygen atoms in total. The van der Waals surface area contributed by atoms with Gasteiger partial charge in [0, 0.05) is 24.7 Å². The fourth-order valence-electron chi connectivity index (χ4n) is 3.97. The Morgan fingerprint density at radius 3 is 2.63 bits per heavy atom. The van der Waals surface area contributed by atoms with Crippen LogP contribution in [0.15, 0.2) is 22.7 Å². The lowest BCUT2D eigenvalue weighted by atomic mass is 9.98. The van der Waals surface area contributed by atoms with E-state index in [0.29, 0.717) is 36.9 Å². The minimum absolute atomic E-state index is 0.0135. The number of carbonyl (C=O) groups excluding carboxylic acids is 2. The van der Waals surface area contributed by atoms with E-state index in [1.807, 2.05) is 9.80 Å². The quantitative estimate of drug-likeness (QED) is 0.698. The van der Waals surface area contributed by atoms with E-state index in [-0.39, 0.29) is 24.1 Å². The second-order valence-electron chi connectivity index (χ2n) is 7.64. The van der Waals surface area contributed by atoms with Gasteiger partial charge >= 0.3 is 6.09 Å². The van der Waals surface area contributed by atoms with Gasteiger partial charge in [-0.2, -0.15) is 0 Å². The van der Waals surface area contributed by atoms with Gasteiger partial charge in [0.2, 0.25) is 0 Å². The summed E-state index contributed by atoms with van der Waals surface area (Å²) in [7, 11) is 1.60. The van der Waals surface area contributed by atoms with Crippen molar-refractivity contribution in [1.29, 1.82) is 0 Å². The highest BCUT2D eigenvalue weighted by Crippen LogP contribution is 2.29. The number of ether oxygens (including phenoxy) is 2. The molecule has 2 aliphatic rings. The molecule has 3 rings (SSSR count). The largest absolute Gasteiger partial charge is 0.496 e. The lowest BCUT2D eigenvalue weighted by Gasteiger charge is -2.38. The van der Waals surface area contributed by atoms with Gasteiger partial charge in [0.1, 0.15) is 12.4 Å². The number of piperidine rings is 1. The first-order valence-corrected chi connectivity index (χ1v) is 10.3. The van der Waals surface area contributed by atoms with Crippen molar-refractivity contribution >= 4 is 27.9 Å². The Bertz CT molecular complexity index is 701. The van der Waals surface area contributed by atoms with Crippen LogP contribution in [0.25, 0.3) is 0 Å². The maximum Gasteiger partial charge on any atom is 0.410 e. The Labute approximate surface area is 168 Å². The summed E-state index contributed by atoms with van der Waals surface area (Å²) in [5, 5.41) is 0. The van der Waals surface area contributed by atoms with Gasteiger partial charge in [-0.15, -0.1) is 0 Å². The van der Waals surface area contributed by atoms with Gasteiger partial charge in [0.25, 0.3) is 5.91 Å². The molecule has 0 saturated carbocycles. The lowest BCUT2D eigenvalue weighted by Crippen LogP contribution is -2.50. The highest BCUT2D eigenvalue weighted by molar-refractivity contribution is 9.10. The summed E-state index contributed by atoms with van der Waals surface area (Å²) in [6.45, 7) is 6.09. The molecule has 27 heavy (non-hydrogen) atoms. The van der Waals surface area contributed by atoms with Crippen LogP contribution >= 0.6 is 15.9 Å². The average molecular weight is 439 g/mol. The van der Waals surface area contributed by atoms with Crippen molar-refractivity contribution in [2.45, 2.75) is 45.2 Å². The van der Waals surface area contributed by atoms with E-state index in [0.717, 1.165) is 23.7 Å². The zero-order valence-corrected chi connectivity index (χ0v) is 17.7. The van der Waals surface area contributed by atoms with Gasteiger partial charge in [0.05, 0.1) is 17.6 Å². The number of hydrogen-bond acceptors (Lipinski definition) is 4. The van der Waals surface area contributed by atoms with E-state index in [4.69, 9.17) is 9.47 Å². The molecule has 1 aromatic rings. The molecular formula is C20H27BrN2O4. The molecule has 2 heterocycles. The lowest BCUT2D eigenvalue weighted by molar-refractivity contribution is 0.0630. The molecule has 0 aromatic heterocycles. The van der Waals surface area contributed by atoms with Gasteiger partial charge in [-0.3, -0.25) is 9.69 Å². The molecule has 1 atom stereocenters. The van der Waals surface area contributed by atoms with Crippen molar-refractivity contribution in [3.63, 3.8) is 0 Å². The molecule has 2 amide bonds. The normalized spacial score (nSPS) is 20.9. The first-order valence-electron chi connectivity index (χ1n) is 9.48. The third kappa shape index (κ3) is 4.39. The van der Waals surface area contributed by atoms with E-state index in [2.05, 4.69) is 29.8 Å². The van der Waals surface area contributed by atoms with Crippen LogP contribution in [-0.4, -0.2) is 60.7 Å². The second kappa shape index (κ2) is 8.50. The summed E-state index contributed by atoms with van der Waals surface area (Å²) in [4.78, 5) is 28.8. The van der Waals surface area contributed by atoms with Crippen molar-refractivity contribution in [3.05, 3.63) is 28.2 Å². The predicted octanol–water partition coefficient (Wildman–Crippen LogP) is 3.93. The monoisotopic (exact) mass is 438 g/mol. The fourth-order valence-corrected chi connectivity index (χ4v) is 4.51. The minimum atomic E-state index is -0.204. The zero-order chi connectivity index (χ0) is 19.6. The molecule has 1 aromatic carbocycles. The average Bonchev–Trinajstić information content (AvgIpc) is 3.00. The number of hydrogen-bond donors (Lipinski definition) is 0. The van der Waals surface area contributed by atoms with Gasteiger partial charge < -0.3 is 14.4 Å². The summed E-state index contributed by atoms with van der Waals surface area (Å²) in [6.07, 6.45) is 2.31. The van der Waals surface area contributed by atoms with Crippen molar-refractivity contribution in [2.75, 3.05) is 26.8 Å². The molecule has 0 unspecified atom stereocenters. The first kappa shape index (κ1) is 20.0. The number of likely N-dealkylation sites (tertiary alicyclic amines) is 1. The molecule has 0 N–H and O–H groups in total. The Morgan fingerprint density at radius 1 is 1.33 bits per heavy atom. The van der Waals surface area contributed by atoms with E-state index in [1.54, 1.807) is 25.3 Å². The fraction of sp³-hybridized carbons (Fsp3) is 0.600. The van der Waals surface area contributed by atoms with E-state index < -0.39 is 0 Å². The highest BCUT2D eigenvalue weighted by atomic mass is 79.9. The molecular weight excluding hydrogens is 412 g/mol. The van der Waals surface area contributed by atoms with Gasteiger partial charge in [0.15, 0.2) is 0 Å². The smallest absolute Gasteiger partial charge is 0.410 e. The van der Waals surface area contributed by atoms with Crippen LogP contribution in [0.5, 0.6) is 5.75 Å². The predicted molar refractivity (Wildman–Crippen MR) is 106 cm³/mol. The van der Waals surface area contributed by atoms with Gasteiger partial charge in [-0.05, 0) is 59.3 Å². The highest BCUT2D eigenvalue weighted by Gasteiger charge is 2.40. The van der Waals surface area contributed by atoms with Crippen LogP contribution in [0.1, 0.15) is 43.5 Å². The molecule has 0 bridgehead atoms. The number of nitrogens with zero attached hydrogens (tertiary/aromatic N) is 2. The summed E-state index contributed by atoms with van der Waals surface area (Å²) < 4.78 is 11.3. The molecule has 2 saturated heterocycles. The zero-order valence-electron chi connectivity index (χ0n) is 16.1. The van der Waals surface area contributed by atoms with E-state index >= 15 is 0 Å². The van der Waals surface area contributed by atoms with E-state index in [9.17, 15) is 9.59 Å².